The van der Waals surface area contributed by atoms with Gasteiger partial charge in [-0.25, -0.2) is 0 Å². The Morgan fingerprint density at radius 2 is 2.09 bits per heavy atom. The first-order valence-corrected chi connectivity index (χ1v) is 7.89. The van der Waals surface area contributed by atoms with Crippen LogP contribution in [-0.2, 0) is 9.59 Å². The van der Waals surface area contributed by atoms with Crippen LogP contribution in [-0.4, -0.2) is 24.3 Å². The van der Waals surface area contributed by atoms with Crippen LogP contribution >= 0.6 is 11.6 Å². The number of hydrogen-bond donors (Lipinski definition) is 2. The van der Waals surface area contributed by atoms with Crippen molar-refractivity contribution in [1.29, 1.82) is 0 Å². The molecule has 0 saturated heterocycles. The number of halogens is 1. The van der Waals surface area contributed by atoms with Crippen molar-refractivity contribution in [2.24, 2.45) is 0 Å². The summed E-state index contributed by atoms with van der Waals surface area (Å²) in [4.78, 5) is 22.7. The summed E-state index contributed by atoms with van der Waals surface area (Å²) in [5, 5.41) is 7.84. The van der Waals surface area contributed by atoms with Gasteiger partial charge in [0.1, 0.15) is 5.75 Å². The van der Waals surface area contributed by atoms with Gasteiger partial charge in [-0.3, -0.25) is 9.59 Å². The average molecular weight is 333 g/mol. The van der Waals surface area contributed by atoms with Crippen molar-refractivity contribution in [1.82, 2.24) is 0 Å². The molecule has 2 aromatic rings. The number of anilines is 2. The SMILES string of the molecule is CC(=O)Nc1ccc2c(OC(C)=O)cc3c(c2c1)[C@@H](CCl)CN3. The zero-order chi connectivity index (χ0) is 16.6. The molecule has 0 bridgehead atoms. The van der Waals surface area contributed by atoms with E-state index in [9.17, 15) is 9.59 Å². The van der Waals surface area contributed by atoms with Gasteiger partial charge in [0.15, 0.2) is 0 Å². The van der Waals surface area contributed by atoms with Crippen molar-refractivity contribution in [2.45, 2.75) is 19.8 Å². The van der Waals surface area contributed by atoms with Crippen LogP contribution in [0.15, 0.2) is 24.3 Å². The molecule has 0 unspecified atom stereocenters. The van der Waals surface area contributed by atoms with E-state index in [1.165, 1.54) is 13.8 Å². The summed E-state index contributed by atoms with van der Waals surface area (Å²) in [5.74, 6) is 0.663. The van der Waals surface area contributed by atoms with Crippen molar-refractivity contribution >= 4 is 45.6 Å². The molecule has 0 fully saturated rings. The second-order valence-corrected chi connectivity index (χ2v) is 5.91. The average Bonchev–Trinajstić information content (AvgIpc) is 2.89. The number of esters is 1. The molecule has 1 amide bonds. The van der Waals surface area contributed by atoms with Gasteiger partial charge in [0.05, 0.1) is 0 Å². The van der Waals surface area contributed by atoms with E-state index in [2.05, 4.69) is 10.6 Å². The number of alkyl halides is 1. The van der Waals surface area contributed by atoms with Gasteiger partial charge in [-0.05, 0) is 29.1 Å². The van der Waals surface area contributed by atoms with Gasteiger partial charge >= 0.3 is 5.97 Å². The van der Waals surface area contributed by atoms with Crippen LogP contribution in [0.4, 0.5) is 11.4 Å². The van der Waals surface area contributed by atoms with E-state index in [1.807, 2.05) is 18.2 Å². The normalized spacial score (nSPS) is 15.9. The lowest BCUT2D eigenvalue weighted by atomic mass is 9.95. The van der Waals surface area contributed by atoms with Crippen LogP contribution in [0, 0.1) is 0 Å². The van der Waals surface area contributed by atoms with Crippen molar-refractivity contribution in [3.8, 4) is 5.75 Å². The number of carbonyl (C=O) groups is 2. The van der Waals surface area contributed by atoms with E-state index in [0.717, 1.165) is 28.6 Å². The molecule has 1 atom stereocenters. The van der Waals surface area contributed by atoms with E-state index in [-0.39, 0.29) is 17.8 Å². The second-order valence-electron chi connectivity index (χ2n) is 5.60. The van der Waals surface area contributed by atoms with Crippen LogP contribution in [0.2, 0.25) is 0 Å². The highest BCUT2D eigenvalue weighted by Gasteiger charge is 2.26. The molecule has 0 aliphatic carbocycles. The van der Waals surface area contributed by atoms with Gasteiger partial charge in [0, 0.05) is 55.0 Å². The van der Waals surface area contributed by atoms with Gasteiger partial charge in [0.25, 0.3) is 0 Å². The Morgan fingerprint density at radius 1 is 1.30 bits per heavy atom. The molecule has 6 heteroatoms. The summed E-state index contributed by atoms with van der Waals surface area (Å²) < 4.78 is 5.34. The lowest BCUT2D eigenvalue weighted by molar-refractivity contribution is -0.131. The third-order valence-electron chi connectivity index (χ3n) is 3.85. The Hall–Kier alpha value is -2.27. The number of nitrogens with one attached hydrogen (secondary N) is 2. The molecule has 2 N–H and O–H groups in total. The smallest absolute Gasteiger partial charge is 0.308 e. The molecule has 1 aliphatic rings. The van der Waals surface area contributed by atoms with Crippen LogP contribution in [0.3, 0.4) is 0 Å². The van der Waals surface area contributed by atoms with E-state index in [0.29, 0.717) is 17.3 Å². The zero-order valence-corrected chi connectivity index (χ0v) is 13.7. The first-order chi connectivity index (χ1) is 11.0. The van der Waals surface area contributed by atoms with Crippen molar-refractivity contribution < 1.29 is 14.3 Å². The maximum absolute atomic E-state index is 11.4. The van der Waals surface area contributed by atoms with Gasteiger partial charge < -0.3 is 15.4 Å². The largest absolute Gasteiger partial charge is 0.426 e. The molecule has 5 nitrogen and oxygen atoms in total. The third-order valence-corrected chi connectivity index (χ3v) is 4.22. The molecule has 3 rings (SSSR count). The number of rotatable bonds is 3. The number of fused-ring (bicyclic) bond motifs is 3. The minimum Gasteiger partial charge on any atom is -0.426 e. The minimum atomic E-state index is -0.371. The molecule has 0 saturated carbocycles. The molecular weight excluding hydrogens is 316 g/mol. The summed E-state index contributed by atoms with van der Waals surface area (Å²) in [6.07, 6.45) is 0. The summed E-state index contributed by atoms with van der Waals surface area (Å²) >= 11 is 6.09. The van der Waals surface area contributed by atoms with E-state index in [4.69, 9.17) is 16.3 Å². The fourth-order valence-corrected chi connectivity index (χ4v) is 3.25. The second kappa shape index (κ2) is 6.08. The Morgan fingerprint density at radius 3 is 2.74 bits per heavy atom. The van der Waals surface area contributed by atoms with Crippen LogP contribution < -0.4 is 15.4 Å². The summed E-state index contributed by atoms with van der Waals surface area (Å²) in [6, 6.07) is 7.38. The number of hydrogen-bond acceptors (Lipinski definition) is 4. The maximum atomic E-state index is 11.4. The van der Waals surface area contributed by atoms with Gasteiger partial charge in [-0.15, -0.1) is 11.6 Å². The Labute approximate surface area is 139 Å². The fraction of sp³-hybridized carbons (Fsp3) is 0.294. The van der Waals surface area contributed by atoms with Gasteiger partial charge in [-0.1, -0.05) is 0 Å². The molecule has 1 aliphatic heterocycles. The topological polar surface area (TPSA) is 67.4 Å². The number of ether oxygens (including phenoxy) is 1. The Kier molecular flexibility index (Phi) is 4.13. The Bertz CT molecular complexity index is 804. The third kappa shape index (κ3) is 2.97. The Balaban J connectivity index is 2.23. The van der Waals surface area contributed by atoms with E-state index in [1.54, 1.807) is 6.07 Å². The lowest BCUT2D eigenvalue weighted by Crippen LogP contribution is -2.07. The van der Waals surface area contributed by atoms with Crippen molar-refractivity contribution in [3.63, 3.8) is 0 Å². The predicted octanol–water partition coefficient (Wildman–Crippen LogP) is 3.47. The van der Waals surface area contributed by atoms with Gasteiger partial charge in [-0.2, -0.15) is 0 Å². The highest BCUT2D eigenvalue weighted by molar-refractivity contribution is 6.18. The molecule has 120 valence electrons. The van der Waals surface area contributed by atoms with Crippen LogP contribution in [0.1, 0.15) is 25.3 Å². The highest BCUT2D eigenvalue weighted by atomic mass is 35.5. The first-order valence-electron chi connectivity index (χ1n) is 7.36. The van der Waals surface area contributed by atoms with E-state index >= 15 is 0 Å². The number of carbonyl (C=O) groups excluding carboxylic acids is 2. The fourth-order valence-electron chi connectivity index (χ4n) is 2.99. The molecule has 1 heterocycles. The molecule has 0 radical (unpaired) electrons. The van der Waals surface area contributed by atoms with Gasteiger partial charge in [0.2, 0.25) is 5.91 Å². The lowest BCUT2D eigenvalue weighted by Gasteiger charge is -2.15. The highest BCUT2D eigenvalue weighted by Crippen LogP contribution is 2.43. The van der Waals surface area contributed by atoms with Crippen molar-refractivity contribution in [2.75, 3.05) is 23.1 Å². The molecule has 0 aromatic heterocycles. The number of amides is 1. The predicted molar refractivity (Wildman–Crippen MR) is 91.5 cm³/mol. The number of benzene rings is 2. The standard InChI is InChI=1S/C17H17ClN2O3/c1-9(21)20-12-3-4-13-14(5-12)17-11(7-18)8-19-15(17)6-16(13)23-10(2)22/h3-6,11,19H,7-8H2,1-2H3,(H,20,21)/t11-/m0/s1. The zero-order valence-electron chi connectivity index (χ0n) is 12.9. The van der Waals surface area contributed by atoms with E-state index < -0.39 is 0 Å². The first kappa shape index (κ1) is 15.6. The maximum Gasteiger partial charge on any atom is 0.308 e. The quantitative estimate of drug-likeness (QED) is 0.513. The van der Waals surface area contributed by atoms with Crippen LogP contribution in [0.25, 0.3) is 10.8 Å². The molecular formula is C17H17ClN2O3. The summed E-state index contributed by atoms with van der Waals surface area (Å²) in [6.45, 7) is 3.58. The summed E-state index contributed by atoms with van der Waals surface area (Å²) in [7, 11) is 0. The molecule has 0 spiro atoms. The molecule has 2 aromatic carbocycles. The monoisotopic (exact) mass is 332 g/mol. The van der Waals surface area contributed by atoms with Crippen molar-refractivity contribution in [3.05, 3.63) is 29.8 Å². The minimum absolute atomic E-state index is 0.135. The summed E-state index contributed by atoms with van der Waals surface area (Å²) in [5.41, 5.74) is 2.71. The van der Waals surface area contributed by atoms with Crippen LogP contribution in [0.5, 0.6) is 5.75 Å². The molecule has 23 heavy (non-hydrogen) atoms.